The van der Waals surface area contributed by atoms with Gasteiger partial charge in [-0.25, -0.2) is 14.4 Å². The van der Waals surface area contributed by atoms with Crippen molar-refractivity contribution in [3.8, 4) is 6.07 Å². The highest BCUT2D eigenvalue weighted by molar-refractivity contribution is 7.09. The Morgan fingerprint density at radius 1 is 1.52 bits per heavy atom. The molecule has 1 atom stereocenters. The van der Waals surface area contributed by atoms with E-state index < -0.39 is 5.82 Å². The molecule has 0 saturated carbocycles. The molecule has 0 radical (unpaired) electrons. The van der Waals surface area contributed by atoms with Crippen LogP contribution >= 0.6 is 11.3 Å². The maximum atomic E-state index is 14.1. The van der Waals surface area contributed by atoms with Gasteiger partial charge in [0.15, 0.2) is 5.96 Å². The first kappa shape index (κ1) is 20.8. The quantitative estimate of drug-likeness (QED) is 0.580. The third kappa shape index (κ3) is 5.74. The van der Waals surface area contributed by atoms with Crippen LogP contribution in [0.15, 0.2) is 28.6 Å². The van der Waals surface area contributed by atoms with Crippen LogP contribution in [0.5, 0.6) is 0 Å². The molecule has 0 spiro atoms. The predicted molar refractivity (Wildman–Crippen MR) is 105 cm³/mol. The number of hydrogen-bond donors (Lipinski definition) is 1. The second-order valence-electron chi connectivity index (χ2n) is 6.00. The molecule has 0 fully saturated rings. The van der Waals surface area contributed by atoms with Crippen LogP contribution in [0, 0.1) is 17.1 Å². The molecule has 1 heterocycles. The molecule has 2 rings (SSSR count). The average molecular weight is 390 g/mol. The summed E-state index contributed by atoms with van der Waals surface area (Å²) >= 11 is 1.57. The monoisotopic (exact) mass is 389 g/mol. The molecule has 1 N–H and O–H groups in total. The Bertz CT molecular complexity index is 830. The molecule has 6 nitrogen and oxygen atoms in total. The van der Waals surface area contributed by atoms with Gasteiger partial charge in [-0.3, -0.25) is 0 Å². The number of guanidine groups is 1. The standard InChI is InChI=1S/C19H24FN5OS/c1-5-22-19(23-10-15-7-6-14(9-21)8-17(15)20)25(3)11-16-12-27-18(24-16)13(2)26-4/h6-8,12-13H,5,10-11H2,1-4H3,(H,22,23). The fourth-order valence-electron chi connectivity index (χ4n) is 2.38. The van der Waals surface area contributed by atoms with E-state index in [-0.39, 0.29) is 12.6 Å². The Morgan fingerprint density at radius 3 is 2.93 bits per heavy atom. The number of hydrogen-bond acceptors (Lipinski definition) is 5. The maximum Gasteiger partial charge on any atom is 0.194 e. The molecule has 1 aromatic heterocycles. The van der Waals surface area contributed by atoms with Crippen molar-refractivity contribution < 1.29 is 9.13 Å². The second-order valence-corrected chi connectivity index (χ2v) is 6.89. The topological polar surface area (TPSA) is 73.5 Å². The van der Waals surface area contributed by atoms with Crippen molar-refractivity contribution in [3.05, 3.63) is 51.2 Å². The molecule has 1 aromatic carbocycles. The summed E-state index contributed by atoms with van der Waals surface area (Å²) in [5.41, 5.74) is 1.67. The fraction of sp³-hybridized carbons (Fsp3) is 0.421. The minimum absolute atomic E-state index is 0.0321. The van der Waals surface area contributed by atoms with Gasteiger partial charge < -0.3 is 15.0 Å². The van der Waals surface area contributed by atoms with Crippen molar-refractivity contribution in [1.82, 2.24) is 15.2 Å². The van der Waals surface area contributed by atoms with Gasteiger partial charge >= 0.3 is 0 Å². The van der Waals surface area contributed by atoms with E-state index in [1.165, 1.54) is 6.07 Å². The van der Waals surface area contributed by atoms with Crippen LogP contribution in [-0.4, -0.2) is 36.5 Å². The number of thiazole rings is 1. The van der Waals surface area contributed by atoms with E-state index in [4.69, 9.17) is 10.00 Å². The summed E-state index contributed by atoms with van der Waals surface area (Å²) in [5, 5.41) is 15.0. The Labute approximate surface area is 163 Å². The summed E-state index contributed by atoms with van der Waals surface area (Å²) in [5.74, 6) is 0.240. The predicted octanol–water partition coefficient (Wildman–Crippen LogP) is 3.46. The number of aromatic nitrogens is 1. The average Bonchev–Trinajstić information content (AvgIpc) is 3.13. The second kappa shape index (κ2) is 10.00. The molecule has 8 heteroatoms. The first-order chi connectivity index (χ1) is 13.0. The first-order valence-corrected chi connectivity index (χ1v) is 9.51. The SMILES string of the molecule is CCNC(=NCc1ccc(C#N)cc1F)N(C)Cc1csc(C(C)OC)n1. The summed E-state index contributed by atoms with van der Waals surface area (Å²) in [7, 11) is 3.57. The molecule has 0 amide bonds. The van der Waals surface area contributed by atoms with Crippen LogP contribution in [0.2, 0.25) is 0 Å². The van der Waals surface area contributed by atoms with Gasteiger partial charge in [0.1, 0.15) is 16.9 Å². The summed E-state index contributed by atoms with van der Waals surface area (Å²) < 4.78 is 19.4. The highest BCUT2D eigenvalue weighted by Crippen LogP contribution is 2.21. The van der Waals surface area contributed by atoms with Crippen LogP contribution in [0.3, 0.4) is 0 Å². The van der Waals surface area contributed by atoms with Gasteiger partial charge in [0.05, 0.1) is 30.4 Å². The molecule has 2 aromatic rings. The zero-order valence-electron chi connectivity index (χ0n) is 16.0. The number of nitrogens with zero attached hydrogens (tertiary/aromatic N) is 4. The maximum absolute atomic E-state index is 14.1. The normalized spacial score (nSPS) is 12.5. The van der Waals surface area contributed by atoms with Crippen LogP contribution in [-0.2, 0) is 17.8 Å². The molecule has 0 aliphatic heterocycles. The Balaban J connectivity index is 2.10. The molecule has 0 bridgehead atoms. The van der Waals surface area contributed by atoms with E-state index >= 15 is 0 Å². The van der Waals surface area contributed by atoms with Crippen LogP contribution in [0.4, 0.5) is 4.39 Å². The minimum atomic E-state index is -0.422. The van der Waals surface area contributed by atoms with Gasteiger partial charge in [0.25, 0.3) is 0 Å². The number of benzene rings is 1. The smallest absolute Gasteiger partial charge is 0.194 e. The van der Waals surface area contributed by atoms with Crippen molar-refractivity contribution in [2.24, 2.45) is 4.99 Å². The summed E-state index contributed by atoms with van der Waals surface area (Å²) in [6, 6.07) is 6.35. The van der Waals surface area contributed by atoms with Crippen molar-refractivity contribution in [3.63, 3.8) is 0 Å². The number of methoxy groups -OCH3 is 1. The zero-order chi connectivity index (χ0) is 19.8. The lowest BCUT2D eigenvalue weighted by Crippen LogP contribution is -2.38. The lowest BCUT2D eigenvalue weighted by molar-refractivity contribution is 0.119. The van der Waals surface area contributed by atoms with E-state index in [0.717, 1.165) is 10.7 Å². The summed E-state index contributed by atoms with van der Waals surface area (Å²) in [6.07, 6.45) is -0.0321. The van der Waals surface area contributed by atoms with Crippen molar-refractivity contribution in [2.45, 2.75) is 33.0 Å². The number of aliphatic imine (C=N–C) groups is 1. The van der Waals surface area contributed by atoms with Crippen molar-refractivity contribution >= 4 is 17.3 Å². The summed E-state index contributed by atoms with van der Waals surface area (Å²) in [6.45, 7) is 5.40. The van der Waals surface area contributed by atoms with Crippen LogP contribution in [0.1, 0.15) is 41.8 Å². The number of halogens is 1. The molecular weight excluding hydrogens is 365 g/mol. The molecule has 27 heavy (non-hydrogen) atoms. The zero-order valence-corrected chi connectivity index (χ0v) is 16.8. The molecule has 0 aliphatic rings. The van der Waals surface area contributed by atoms with Gasteiger partial charge in [0.2, 0.25) is 0 Å². The molecule has 0 saturated heterocycles. The van der Waals surface area contributed by atoms with Gasteiger partial charge in [-0.05, 0) is 26.0 Å². The fourth-order valence-corrected chi connectivity index (χ4v) is 3.22. The summed E-state index contributed by atoms with van der Waals surface area (Å²) in [4.78, 5) is 11.1. The van der Waals surface area contributed by atoms with Crippen LogP contribution < -0.4 is 5.32 Å². The highest BCUT2D eigenvalue weighted by atomic mass is 32.1. The molecule has 144 valence electrons. The van der Waals surface area contributed by atoms with Gasteiger partial charge in [-0.2, -0.15) is 5.26 Å². The van der Waals surface area contributed by atoms with Crippen molar-refractivity contribution in [2.75, 3.05) is 20.7 Å². The largest absolute Gasteiger partial charge is 0.375 e. The Morgan fingerprint density at radius 2 is 2.30 bits per heavy atom. The van der Waals surface area contributed by atoms with E-state index in [0.29, 0.717) is 30.2 Å². The lowest BCUT2D eigenvalue weighted by atomic mass is 10.1. The lowest BCUT2D eigenvalue weighted by Gasteiger charge is -2.21. The van der Waals surface area contributed by atoms with Gasteiger partial charge in [0, 0.05) is 31.6 Å². The van der Waals surface area contributed by atoms with Gasteiger partial charge in [-0.1, -0.05) is 6.07 Å². The first-order valence-electron chi connectivity index (χ1n) is 8.63. The molecule has 0 aliphatic carbocycles. The van der Waals surface area contributed by atoms with E-state index in [1.54, 1.807) is 30.6 Å². The molecular formula is C19H24FN5OS. The van der Waals surface area contributed by atoms with Crippen molar-refractivity contribution in [1.29, 1.82) is 5.26 Å². The van der Waals surface area contributed by atoms with Crippen LogP contribution in [0.25, 0.3) is 0 Å². The Kier molecular flexibility index (Phi) is 7.70. The van der Waals surface area contributed by atoms with E-state index in [9.17, 15) is 4.39 Å². The third-order valence-electron chi connectivity index (χ3n) is 3.95. The highest BCUT2D eigenvalue weighted by Gasteiger charge is 2.13. The van der Waals surface area contributed by atoms with Gasteiger partial charge in [-0.15, -0.1) is 11.3 Å². The minimum Gasteiger partial charge on any atom is -0.375 e. The van der Waals surface area contributed by atoms with E-state index in [2.05, 4.69) is 15.3 Å². The number of rotatable bonds is 7. The number of ether oxygens (including phenoxy) is 1. The number of nitrogens with one attached hydrogen (secondary N) is 1. The van der Waals surface area contributed by atoms with E-state index in [1.807, 2.05) is 37.2 Å². The Hall–Kier alpha value is -2.50. The third-order valence-corrected chi connectivity index (χ3v) is 5.00. The molecule has 1 unspecified atom stereocenters. The number of nitriles is 1.